The summed E-state index contributed by atoms with van der Waals surface area (Å²) in [5, 5.41) is 0. The number of hydrogen-bond acceptors (Lipinski definition) is 3. The maximum atomic E-state index is 11.6. The molecule has 2 aromatic rings. The minimum atomic E-state index is -0.104. The van der Waals surface area contributed by atoms with Crippen LogP contribution in [0.2, 0.25) is 0 Å². The van der Waals surface area contributed by atoms with Gasteiger partial charge in [-0.1, -0.05) is 18.2 Å². The Labute approximate surface area is 119 Å². The zero-order valence-corrected chi connectivity index (χ0v) is 12.4. The van der Waals surface area contributed by atoms with Crippen molar-refractivity contribution in [3.63, 3.8) is 0 Å². The maximum Gasteiger partial charge on any atom is 0.266 e. The molecule has 0 aliphatic rings. The fourth-order valence-electron chi connectivity index (χ4n) is 1.86. The number of rotatable bonds is 3. The maximum absolute atomic E-state index is 11.6. The van der Waals surface area contributed by atoms with E-state index in [9.17, 15) is 4.79 Å². The zero-order valence-electron chi connectivity index (χ0n) is 10.3. The van der Waals surface area contributed by atoms with E-state index in [-0.39, 0.29) is 5.56 Å². The van der Waals surface area contributed by atoms with E-state index in [1.165, 1.54) is 6.33 Å². The summed E-state index contributed by atoms with van der Waals surface area (Å²) in [6.07, 6.45) is 1.45. The topological polar surface area (TPSA) is 49.0 Å². The second-order valence-electron chi connectivity index (χ2n) is 3.90. The van der Waals surface area contributed by atoms with Crippen LogP contribution in [0.1, 0.15) is 12.5 Å². The van der Waals surface area contributed by atoms with Gasteiger partial charge in [-0.15, -0.1) is 0 Å². The first-order valence-corrected chi connectivity index (χ1v) is 6.79. The summed E-state index contributed by atoms with van der Waals surface area (Å²) >= 11 is 2.03. The quantitative estimate of drug-likeness (QED) is 0.862. The standard InChI is InChI=1S/C13H14IN3O/c1-3-17(10-7-5-4-6-9(10)2)12-11(14)13(18)16-8-15-12/h4-8H,3H2,1-2H3,(H,15,16,18). The molecule has 0 unspecified atom stereocenters. The number of aromatic nitrogens is 2. The number of aromatic amines is 1. The van der Waals surface area contributed by atoms with Crippen molar-refractivity contribution < 1.29 is 0 Å². The van der Waals surface area contributed by atoms with E-state index in [0.717, 1.165) is 17.8 Å². The molecule has 0 fully saturated rings. The first kappa shape index (κ1) is 13.1. The molecule has 0 bridgehead atoms. The molecule has 2 rings (SSSR count). The summed E-state index contributed by atoms with van der Waals surface area (Å²) in [7, 11) is 0. The van der Waals surface area contributed by atoms with Crippen LogP contribution in [-0.2, 0) is 0 Å². The Morgan fingerprint density at radius 1 is 1.39 bits per heavy atom. The van der Waals surface area contributed by atoms with Crippen LogP contribution in [0.15, 0.2) is 35.4 Å². The molecule has 0 spiro atoms. The highest BCUT2D eigenvalue weighted by Crippen LogP contribution is 2.27. The molecule has 1 heterocycles. The minimum absolute atomic E-state index is 0.104. The van der Waals surface area contributed by atoms with Crippen molar-refractivity contribution in [3.8, 4) is 0 Å². The van der Waals surface area contributed by atoms with Crippen LogP contribution in [0.25, 0.3) is 0 Å². The first-order valence-electron chi connectivity index (χ1n) is 5.71. The van der Waals surface area contributed by atoms with Gasteiger partial charge < -0.3 is 9.88 Å². The van der Waals surface area contributed by atoms with Crippen LogP contribution in [0.4, 0.5) is 11.5 Å². The van der Waals surface area contributed by atoms with Gasteiger partial charge in [0.05, 0.1) is 6.33 Å². The lowest BCUT2D eigenvalue weighted by Gasteiger charge is -2.24. The third kappa shape index (κ3) is 2.40. The Morgan fingerprint density at radius 3 is 2.78 bits per heavy atom. The zero-order chi connectivity index (χ0) is 13.1. The van der Waals surface area contributed by atoms with Crippen LogP contribution in [0, 0.1) is 10.5 Å². The van der Waals surface area contributed by atoms with Crippen LogP contribution in [-0.4, -0.2) is 16.5 Å². The van der Waals surface area contributed by atoms with Gasteiger partial charge in [-0.3, -0.25) is 4.79 Å². The van der Waals surface area contributed by atoms with Crippen molar-refractivity contribution in [3.05, 3.63) is 50.1 Å². The molecule has 18 heavy (non-hydrogen) atoms. The molecule has 0 aliphatic carbocycles. The highest BCUT2D eigenvalue weighted by molar-refractivity contribution is 14.1. The van der Waals surface area contributed by atoms with Crippen LogP contribution >= 0.6 is 22.6 Å². The van der Waals surface area contributed by atoms with Gasteiger partial charge in [0.15, 0.2) is 5.82 Å². The van der Waals surface area contributed by atoms with E-state index >= 15 is 0 Å². The first-order chi connectivity index (χ1) is 8.65. The van der Waals surface area contributed by atoms with Crippen LogP contribution in [0.3, 0.4) is 0 Å². The molecule has 0 radical (unpaired) electrons. The summed E-state index contributed by atoms with van der Waals surface area (Å²) in [5.74, 6) is 0.705. The molecule has 1 aromatic heterocycles. The number of aryl methyl sites for hydroxylation is 1. The Hall–Kier alpha value is -1.37. The highest BCUT2D eigenvalue weighted by atomic mass is 127. The summed E-state index contributed by atoms with van der Waals surface area (Å²) < 4.78 is 0.611. The van der Waals surface area contributed by atoms with Crippen molar-refractivity contribution in [2.75, 3.05) is 11.4 Å². The average Bonchev–Trinajstić information content (AvgIpc) is 2.37. The molecule has 5 heteroatoms. The Kier molecular flexibility index (Phi) is 4.00. The monoisotopic (exact) mass is 355 g/mol. The number of para-hydroxylation sites is 1. The number of anilines is 2. The van der Waals surface area contributed by atoms with Gasteiger partial charge in [0.2, 0.25) is 0 Å². The summed E-state index contributed by atoms with van der Waals surface area (Å²) in [6, 6.07) is 8.09. The Balaban J connectivity index is 2.56. The SMILES string of the molecule is CCN(c1ccccc1C)c1nc[nH]c(=O)c1I. The average molecular weight is 355 g/mol. The summed E-state index contributed by atoms with van der Waals surface area (Å²) in [5.41, 5.74) is 2.14. The Morgan fingerprint density at radius 2 is 2.11 bits per heavy atom. The van der Waals surface area contributed by atoms with Gasteiger partial charge in [0.1, 0.15) is 3.57 Å². The highest BCUT2D eigenvalue weighted by Gasteiger charge is 2.15. The van der Waals surface area contributed by atoms with Crippen LogP contribution in [0.5, 0.6) is 0 Å². The minimum Gasteiger partial charge on any atom is -0.325 e. The third-order valence-corrected chi connectivity index (χ3v) is 3.73. The second-order valence-corrected chi connectivity index (χ2v) is 4.98. The third-order valence-electron chi connectivity index (χ3n) is 2.76. The van der Waals surface area contributed by atoms with E-state index in [4.69, 9.17) is 0 Å². The molecule has 0 saturated heterocycles. The van der Waals surface area contributed by atoms with E-state index < -0.39 is 0 Å². The molecule has 0 atom stereocenters. The normalized spacial score (nSPS) is 10.4. The second kappa shape index (κ2) is 5.51. The number of halogens is 1. The molecule has 0 aliphatic heterocycles. The molecule has 94 valence electrons. The molecular formula is C13H14IN3O. The Bertz CT molecular complexity index is 609. The lowest BCUT2D eigenvalue weighted by Crippen LogP contribution is -2.23. The smallest absolute Gasteiger partial charge is 0.266 e. The van der Waals surface area contributed by atoms with Gasteiger partial charge in [-0.05, 0) is 48.1 Å². The molecule has 0 amide bonds. The van der Waals surface area contributed by atoms with Crippen LogP contribution < -0.4 is 10.5 Å². The van der Waals surface area contributed by atoms with E-state index in [1.54, 1.807) is 0 Å². The van der Waals surface area contributed by atoms with Gasteiger partial charge in [-0.25, -0.2) is 4.98 Å². The molecule has 4 nitrogen and oxygen atoms in total. The number of hydrogen-bond donors (Lipinski definition) is 1. The molecular weight excluding hydrogens is 341 g/mol. The summed E-state index contributed by atoms with van der Waals surface area (Å²) in [6.45, 7) is 4.86. The molecule has 1 N–H and O–H groups in total. The number of nitrogens with zero attached hydrogens (tertiary/aromatic N) is 2. The lowest BCUT2D eigenvalue weighted by molar-refractivity contribution is 0.952. The van der Waals surface area contributed by atoms with E-state index in [2.05, 4.69) is 23.0 Å². The largest absolute Gasteiger partial charge is 0.325 e. The van der Waals surface area contributed by atoms with Gasteiger partial charge >= 0.3 is 0 Å². The predicted molar refractivity (Wildman–Crippen MR) is 81.4 cm³/mol. The number of benzene rings is 1. The lowest BCUT2D eigenvalue weighted by atomic mass is 10.2. The number of H-pyrrole nitrogens is 1. The predicted octanol–water partition coefficient (Wildman–Crippen LogP) is 2.84. The van der Waals surface area contributed by atoms with Crippen molar-refractivity contribution in [2.24, 2.45) is 0 Å². The van der Waals surface area contributed by atoms with Crippen molar-refractivity contribution in [2.45, 2.75) is 13.8 Å². The van der Waals surface area contributed by atoms with Crippen molar-refractivity contribution >= 4 is 34.1 Å². The summed E-state index contributed by atoms with van der Waals surface area (Å²) in [4.78, 5) is 20.6. The fraction of sp³-hybridized carbons (Fsp3) is 0.231. The van der Waals surface area contributed by atoms with Gasteiger partial charge in [0.25, 0.3) is 5.56 Å². The van der Waals surface area contributed by atoms with E-state index in [0.29, 0.717) is 9.39 Å². The van der Waals surface area contributed by atoms with E-state index in [1.807, 2.05) is 52.6 Å². The fourth-order valence-corrected chi connectivity index (χ4v) is 2.45. The number of nitrogens with one attached hydrogen (secondary N) is 1. The van der Waals surface area contributed by atoms with Gasteiger partial charge in [0, 0.05) is 12.2 Å². The van der Waals surface area contributed by atoms with Gasteiger partial charge in [-0.2, -0.15) is 0 Å². The molecule has 1 aromatic carbocycles. The molecule has 0 saturated carbocycles. The van der Waals surface area contributed by atoms with Crippen molar-refractivity contribution in [1.82, 2.24) is 9.97 Å². The van der Waals surface area contributed by atoms with Crippen molar-refractivity contribution in [1.29, 1.82) is 0 Å².